The fourth-order valence-corrected chi connectivity index (χ4v) is 2.07. The highest BCUT2D eigenvalue weighted by Gasteiger charge is 2.05. The Labute approximate surface area is 136 Å². The third-order valence-electron chi connectivity index (χ3n) is 2.71. The average Bonchev–Trinajstić information content (AvgIpc) is 2.44. The third kappa shape index (κ3) is 9.85. The van der Waals surface area contributed by atoms with Gasteiger partial charge in [0.2, 0.25) is 0 Å². The number of hydrogen-bond donors (Lipinski definition) is 2. The first-order chi connectivity index (χ1) is 10.1. The lowest BCUT2D eigenvalue weighted by atomic mass is 10.2. The van der Waals surface area contributed by atoms with Crippen LogP contribution in [0.4, 0.5) is 0 Å². The van der Waals surface area contributed by atoms with Gasteiger partial charge in [-0.1, -0.05) is 35.8 Å². The molecule has 1 aromatic rings. The fourth-order valence-electron chi connectivity index (χ4n) is 1.70. The monoisotopic (exact) mass is 359 g/mol. The summed E-state index contributed by atoms with van der Waals surface area (Å²) in [6.07, 6.45) is 0.437. The summed E-state index contributed by atoms with van der Waals surface area (Å²) in [6, 6.07) is 7.59. The summed E-state index contributed by atoms with van der Waals surface area (Å²) < 4.78 is 12.0. The first-order valence-corrected chi connectivity index (χ1v) is 8.22. The Balaban J connectivity index is 2.00. The molecule has 0 saturated carbocycles. The van der Waals surface area contributed by atoms with Crippen molar-refractivity contribution in [3.05, 3.63) is 28.7 Å². The molecular weight excluding hydrogens is 334 g/mol. The van der Waals surface area contributed by atoms with Crippen LogP contribution in [0.2, 0.25) is 0 Å². The Morgan fingerprint density at radius 3 is 2.81 bits per heavy atom. The van der Waals surface area contributed by atoms with Crippen LogP contribution in [0, 0.1) is 5.92 Å². The minimum atomic E-state index is -0.513. The molecule has 1 aromatic carbocycles. The zero-order valence-corrected chi connectivity index (χ0v) is 14.4. The molecule has 0 amide bonds. The molecule has 21 heavy (non-hydrogen) atoms. The van der Waals surface area contributed by atoms with Crippen LogP contribution in [0.15, 0.2) is 28.7 Å². The summed E-state index contributed by atoms with van der Waals surface area (Å²) in [5, 5.41) is 13.0. The zero-order valence-electron chi connectivity index (χ0n) is 12.8. The number of ether oxygens (including phenoxy) is 2. The molecule has 0 bridgehead atoms. The highest BCUT2D eigenvalue weighted by Crippen LogP contribution is 2.17. The number of aliphatic hydroxyl groups is 1. The van der Waals surface area contributed by atoms with Crippen molar-refractivity contribution in [1.29, 1.82) is 0 Å². The number of nitrogens with one attached hydrogen (secondary N) is 1. The van der Waals surface area contributed by atoms with E-state index in [0.29, 0.717) is 12.5 Å². The van der Waals surface area contributed by atoms with Gasteiger partial charge in [-0.3, -0.25) is 0 Å². The summed E-state index contributed by atoms with van der Waals surface area (Å²) >= 11 is 3.38. The second kappa shape index (κ2) is 11.0. The van der Waals surface area contributed by atoms with Crippen molar-refractivity contribution in [2.75, 3.05) is 32.9 Å². The molecular formula is C16H26BrNO3. The molecule has 0 saturated heterocycles. The molecule has 2 N–H and O–H groups in total. The maximum Gasteiger partial charge on any atom is 0.120 e. The second-order valence-electron chi connectivity index (χ2n) is 5.45. The number of hydrogen-bond acceptors (Lipinski definition) is 4. The van der Waals surface area contributed by atoms with Crippen LogP contribution in [0.1, 0.15) is 20.3 Å². The van der Waals surface area contributed by atoms with E-state index in [0.717, 1.165) is 36.4 Å². The number of halogens is 1. The van der Waals surface area contributed by atoms with Crippen molar-refractivity contribution in [3.63, 3.8) is 0 Å². The van der Waals surface area contributed by atoms with Crippen molar-refractivity contribution >= 4 is 15.9 Å². The molecule has 4 nitrogen and oxygen atoms in total. The largest absolute Gasteiger partial charge is 0.491 e. The van der Waals surface area contributed by atoms with E-state index in [9.17, 15) is 5.11 Å². The van der Waals surface area contributed by atoms with Crippen LogP contribution < -0.4 is 10.1 Å². The number of benzene rings is 1. The minimum Gasteiger partial charge on any atom is -0.491 e. The van der Waals surface area contributed by atoms with Crippen LogP contribution >= 0.6 is 15.9 Å². The molecule has 0 radical (unpaired) electrons. The molecule has 1 atom stereocenters. The van der Waals surface area contributed by atoms with Crippen molar-refractivity contribution in [3.8, 4) is 5.75 Å². The van der Waals surface area contributed by atoms with E-state index in [1.165, 1.54) is 0 Å². The van der Waals surface area contributed by atoms with Gasteiger partial charge in [0.05, 0.1) is 0 Å². The van der Waals surface area contributed by atoms with Gasteiger partial charge in [-0.05, 0) is 37.1 Å². The normalized spacial score (nSPS) is 12.6. The van der Waals surface area contributed by atoms with Crippen molar-refractivity contribution < 1.29 is 14.6 Å². The van der Waals surface area contributed by atoms with Crippen LogP contribution in [0.5, 0.6) is 5.75 Å². The molecule has 120 valence electrons. The Morgan fingerprint density at radius 1 is 1.29 bits per heavy atom. The van der Waals surface area contributed by atoms with Gasteiger partial charge >= 0.3 is 0 Å². The van der Waals surface area contributed by atoms with Gasteiger partial charge in [-0.2, -0.15) is 0 Å². The topological polar surface area (TPSA) is 50.7 Å². The highest BCUT2D eigenvalue weighted by molar-refractivity contribution is 9.10. The van der Waals surface area contributed by atoms with E-state index in [1.807, 2.05) is 24.3 Å². The van der Waals surface area contributed by atoms with Crippen molar-refractivity contribution in [1.82, 2.24) is 5.32 Å². The first kappa shape index (κ1) is 18.4. The third-order valence-corrected chi connectivity index (χ3v) is 3.21. The van der Waals surface area contributed by atoms with Gasteiger partial charge in [-0.25, -0.2) is 0 Å². The van der Waals surface area contributed by atoms with Gasteiger partial charge in [0.15, 0.2) is 0 Å². The Kier molecular flexibility index (Phi) is 9.67. The van der Waals surface area contributed by atoms with Crippen molar-refractivity contribution in [2.24, 2.45) is 5.92 Å². The average molecular weight is 360 g/mol. The summed E-state index contributed by atoms with van der Waals surface area (Å²) in [5.74, 6) is 1.33. The highest BCUT2D eigenvalue weighted by atomic mass is 79.9. The van der Waals surface area contributed by atoms with Crippen LogP contribution in [-0.4, -0.2) is 44.1 Å². The molecule has 0 fully saturated rings. The van der Waals surface area contributed by atoms with E-state index in [-0.39, 0.29) is 6.61 Å². The quantitative estimate of drug-likeness (QED) is 0.596. The van der Waals surface area contributed by atoms with E-state index in [4.69, 9.17) is 9.47 Å². The smallest absolute Gasteiger partial charge is 0.120 e. The summed E-state index contributed by atoms with van der Waals surface area (Å²) in [4.78, 5) is 0. The van der Waals surface area contributed by atoms with Gasteiger partial charge in [0, 0.05) is 24.2 Å². The van der Waals surface area contributed by atoms with E-state index in [1.54, 1.807) is 0 Å². The van der Waals surface area contributed by atoms with Gasteiger partial charge < -0.3 is 19.9 Å². The molecule has 0 heterocycles. The Hall–Kier alpha value is -0.620. The van der Waals surface area contributed by atoms with Crippen LogP contribution in [0.25, 0.3) is 0 Å². The predicted octanol–water partition coefficient (Wildman–Crippen LogP) is 2.84. The molecule has 0 aliphatic rings. The molecule has 0 aliphatic carbocycles. The predicted molar refractivity (Wildman–Crippen MR) is 88.8 cm³/mol. The molecule has 0 aliphatic heterocycles. The fraction of sp³-hybridized carbons (Fsp3) is 0.625. The Morgan fingerprint density at radius 2 is 2.10 bits per heavy atom. The molecule has 0 spiro atoms. The second-order valence-corrected chi connectivity index (χ2v) is 6.36. The van der Waals surface area contributed by atoms with E-state index < -0.39 is 6.10 Å². The summed E-state index contributed by atoms with van der Waals surface area (Å²) in [6.45, 7) is 7.50. The van der Waals surface area contributed by atoms with Crippen LogP contribution in [-0.2, 0) is 4.74 Å². The maximum atomic E-state index is 9.82. The zero-order chi connectivity index (χ0) is 15.5. The molecule has 1 unspecified atom stereocenters. The number of rotatable bonds is 11. The lowest BCUT2D eigenvalue weighted by molar-refractivity contribution is 0.0980. The number of aliphatic hydroxyl groups excluding tert-OH is 1. The minimum absolute atomic E-state index is 0.285. The molecule has 0 aromatic heterocycles. The summed E-state index contributed by atoms with van der Waals surface area (Å²) in [5.41, 5.74) is 0. The van der Waals surface area contributed by atoms with Gasteiger partial charge in [-0.15, -0.1) is 0 Å². The lowest BCUT2D eigenvalue weighted by Crippen LogP contribution is -2.32. The SMILES string of the molecule is CC(C)COCCCNCC(O)COc1cccc(Br)c1. The van der Waals surface area contributed by atoms with Crippen LogP contribution in [0.3, 0.4) is 0 Å². The lowest BCUT2D eigenvalue weighted by Gasteiger charge is -2.13. The van der Waals surface area contributed by atoms with E-state index >= 15 is 0 Å². The standard InChI is InChI=1S/C16H26BrNO3/c1-13(2)11-20-8-4-7-18-10-15(19)12-21-16-6-3-5-14(17)9-16/h3,5-6,9,13,15,18-19H,4,7-8,10-12H2,1-2H3. The molecule has 5 heteroatoms. The summed E-state index contributed by atoms with van der Waals surface area (Å²) in [7, 11) is 0. The van der Waals surface area contributed by atoms with Gasteiger partial charge in [0.1, 0.15) is 18.5 Å². The first-order valence-electron chi connectivity index (χ1n) is 7.43. The maximum absolute atomic E-state index is 9.82. The van der Waals surface area contributed by atoms with Crippen molar-refractivity contribution in [2.45, 2.75) is 26.4 Å². The van der Waals surface area contributed by atoms with Gasteiger partial charge in [0.25, 0.3) is 0 Å². The van der Waals surface area contributed by atoms with E-state index in [2.05, 4.69) is 35.1 Å². The molecule has 1 rings (SSSR count). The Bertz CT molecular complexity index is 388.